The molecule has 0 aromatic rings. The Bertz CT molecular complexity index is 869. The lowest BCUT2D eigenvalue weighted by molar-refractivity contribution is -0.172. The summed E-state index contributed by atoms with van der Waals surface area (Å²) in [5, 5.41) is 0. The number of rotatable bonds is 16. The second-order valence-corrected chi connectivity index (χ2v) is 7.52. The first-order valence-corrected chi connectivity index (χ1v) is 10.4. The van der Waals surface area contributed by atoms with Crippen LogP contribution in [-0.4, -0.2) is 98.8 Å². The maximum atomic E-state index is 12.2. The molecule has 0 amide bonds. The van der Waals surface area contributed by atoms with Crippen molar-refractivity contribution in [2.75, 3.05) is 26.4 Å². The van der Waals surface area contributed by atoms with Gasteiger partial charge in [-0.05, 0) is 27.7 Å². The van der Waals surface area contributed by atoms with Crippen LogP contribution >= 0.6 is 0 Å². The van der Waals surface area contributed by atoms with E-state index in [0.29, 0.717) is 0 Å². The number of nitrogens with zero attached hydrogens (tertiary/aromatic N) is 4. The van der Waals surface area contributed by atoms with Crippen LogP contribution in [0.4, 0.5) is 0 Å². The maximum Gasteiger partial charge on any atom is 0.331 e. The largest absolute Gasteiger partial charge is 0.463 e. The third-order valence-corrected chi connectivity index (χ3v) is 4.43. The Morgan fingerprint density at radius 1 is 0.514 bits per heavy atom. The topological polar surface area (TPSA) is 223 Å². The van der Waals surface area contributed by atoms with E-state index < -0.39 is 79.9 Å². The van der Waals surface area contributed by atoms with Crippen molar-refractivity contribution in [3.8, 4) is 0 Å². The third-order valence-electron chi connectivity index (χ3n) is 4.43. The Morgan fingerprint density at radius 3 is 0.865 bits per heavy atom. The molecule has 16 nitrogen and oxygen atoms in total. The molecule has 37 heavy (non-hydrogen) atoms. The normalized spacial score (nSPS) is 14.6. The van der Waals surface area contributed by atoms with Crippen LogP contribution in [0.1, 0.15) is 27.7 Å². The smallest absolute Gasteiger partial charge is 0.331 e. The molecular formula is C21H24N4O12. The molecule has 0 aliphatic heterocycles. The van der Waals surface area contributed by atoms with Gasteiger partial charge in [0.05, 0.1) is 0 Å². The molecule has 0 aromatic heterocycles. The summed E-state index contributed by atoms with van der Waals surface area (Å²) in [4.78, 5) is 103. The quantitative estimate of drug-likeness (QED) is 0.103. The van der Waals surface area contributed by atoms with E-state index in [4.69, 9.17) is 18.9 Å². The van der Waals surface area contributed by atoms with Crippen LogP contribution in [0.15, 0.2) is 20.0 Å². The van der Waals surface area contributed by atoms with Crippen LogP contribution in [0.25, 0.3) is 0 Å². The molecule has 0 fully saturated rings. The molecule has 0 aromatic carbocycles. The summed E-state index contributed by atoms with van der Waals surface area (Å²) >= 11 is 0. The first-order valence-electron chi connectivity index (χ1n) is 10.4. The van der Waals surface area contributed by atoms with Gasteiger partial charge in [-0.1, -0.05) is 0 Å². The lowest BCUT2D eigenvalue weighted by Crippen LogP contribution is -2.46. The Hall–Kier alpha value is -4.60. The summed E-state index contributed by atoms with van der Waals surface area (Å²) in [6.45, 7) is 1.97. The van der Waals surface area contributed by atoms with Crippen LogP contribution < -0.4 is 0 Å². The van der Waals surface area contributed by atoms with Crippen molar-refractivity contribution < 1.29 is 57.3 Å². The van der Waals surface area contributed by atoms with Crippen molar-refractivity contribution >= 4 is 48.2 Å². The Labute approximate surface area is 209 Å². The molecule has 200 valence electrons. The number of carbonyl (C=O) groups excluding carboxylic acids is 8. The standard InChI is InChI=1S/C21H24N4O12/c1-13(22-9-26)17(30)34-5-21(6-35-18(31)14(2)23-10-27,7-36-19(32)15(3)24-11-28)8-37-20(33)16(4)25-12-29/h13-16H,5-8H2,1-4H3. The highest BCUT2D eigenvalue weighted by Crippen LogP contribution is 2.23. The van der Waals surface area contributed by atoms with Crippen molar-refractivity contribution in [2.45, 2.75) is 51.9 Å². The summed E-state index contributed by atoms with van der Waals surface area (Å²) in [5.41, 5.74) is -1.78. The zero-order valence-electron chi connectivity index (χ0n) is 20.3. The van der Waals surface area contributed by atoms with Gasteiger partial charge in [-0.15, -0.1) is 0 Å². The predicted molar refractivity (Wildman–Crippen MR) is 117 cm³/mol. The van der Waals surface area contributed by atoms with Gasteiger partial charge in [0.1, 0.15) is 31.8 Å². The van der Waals surface area contributed by atoms with E-state index in [1.54, 1.807) is 0 Å². The highest BCUT2D eigenvalue weighted by Gasteiger charge is 2.39. The minimum Gasteiger partial charge on any atom is -0.463 e. The fraction of sp³-hybridized carbons (Fsp3) is 0.619. The molecule has 16 heteroatoms. The molecule has 0 aliphatic rings. The zero-order valence-corrected chi connectivity index (χ0v) is 20.3. The van der Waals surface area contributed by atoms with E-state index in [0.717, 1.165) is 0 Å². The molecule has 4 atom stereocenters. The Morgan fingerprint density at radius 2 is 0.703 bits per heavy atom. The molecule has 0 rings (SSSR count). The van der Waals surface area contributed by atoms with Crippen LogP contribution in [0.2, 0.25) is 0 Å². The van der Waals surface area contributed by atoms with Crippen LogP contribution in [0.5, 0.6) is 0 Å². The SMILES string of the molecule is CC(N=C=O)C(=O)OCC(COC(=O)C(C)N=C=O)(COC(=O)C(C)N=C=O)COC(=O)C(C)N=C=O. The number of hydrogen-bond acceptors (Lipinski definition) is 16. The molecular weight excluding hydrogens is 500 g/mol. The molecule has 0 saturated carbocycles. The van der Waals surface area contributed by atoms with Gasteiger partial charge in [-0.25, -0.2) is 38.4 Å². The fourth-order valence-electron chi connectivity index (χ4n) is 2.16. The summed E-state index contributed by atoms with van der Waals surface area (Å²) in [6.07, 6.45) is 4.72. The van der Waals surface area contributed by atoms with Crippen molar-refractivity contribution in [1.82, 2.24) is 0 Å². The summed E-state index contributed by atoms with van der Waals surface area (Å²) < 4.78 is 20.4. The number of ether oxygens (including phenoxy) is 4. The van der Waals surface area contributed by atoms with E-state index >= 15 is 0 Å². The number of carbonyl (C=O) groups is 4. The van der Waals surface area contributed by atoms with Crippen LogP contribution in [0.3, 0.4) is 0 Å². The Balaban J connectivity index is 6.13. The maximum absolute atomic E-state index is 12.2. The first kappa shape index (κ1) is 32.4. The average Bonchev–Trinajstić information content (AvgIpc) is 2.87. The highest BCUT2D eigenvalue weighted by atomic mass is 16.6. The number of hydrogen-bond donors (Lipinski definition) is 0. The number of esters is 4. The summed E-state index contributed by atoms with van der Waals surface area (Å²) in [6, 6.07) is -5.13. The molecule has 0 radical (unpaired) electrons. The molecule has 0 heterocycles. The summed E-state index contributed by atoms with van der Waals surface area (Å²) in [5.74, 6) is -4.14. The summed E-state index contributed by atoms with van der Waals surface area (Å²) in [7, 11) is 0. The van der Waals surface area contributed by atoms with Crippen LogP contribution in [-0.2, 0) is 57.3 Å². The third kappa shape index (κ3) is 12.1. The molecule has 0 bridgehead atoms. The molecule has 4 unspecified atom stereocenters. The molecule has 0 aliphatic carbocycles. The van der Waals surface area contributed by atoms with Gasteiger partial charge in [0, 0.05) is 0 Å². The van der Waals surface area contributed by atoms with Crippen molar-refractivity contribution in [1.29, 1.82) is 0 Å². The van der Waals surface area contributed by atoms with Gasteiger partial charge in [-0.2, -0.15) is 20.0 Å². The Kier molecular flexibility index (Phi) is 14.8. The van der Waals surface area contributed by atoms with E-state index in [9.17, 15) is 38.4 Å². The van der Waals surface area contributed by atoms with Gasteiger partial charge in [0.25, 0.3) is 0 Å². The van der Waals surface area contributed by atoms with E-state index in [-0.39, 0.29) is 0 Å². The minimum absolute atomic E-state index is 0.722. The van der Waals surface area contributed by atoms with E-state index in [1.807, 2.05) is 0 Å². The molecule has 0 spiro atoms. The minimum atomic E-state index is -1.78. The van der Waals surface area contributed by atoms with Crippen LogP contribution in [0, 0.1) is 5.41 Å². The monoisotopic (exact) mass is 524 g/mol. The molecule has 0 saturated heterocycles. The van der Waals surface area contributed by atoms with Gasteiger partial charge < -0.3 is 18.9 Å². The lowest BCUT2D eigenvalue weighted by atomic mass is 9.92. The predicted octanol–water partition coefficient (Wildman–Crippen LogP) is -0.957. The van der Waals surface area contributed by atoms with Gasteiger partial charge in [-0.3, -0.25) is 0 Å². The van der Waals surface area contributed by atoms with E-state index in [2.05, 4.69) is 20.0 Å². The van der Waals surface area contributed by atoms with E-state index in [1.165, 1.54) is 52.0 Å². The fourth-order valence-corrected chi connectivity index (χ4v) is 2.16. The zero-order chi connectivity index (χ0) is 28.4. The second kappa shape index (κ2) is 16.9. The van der Waals surface area contributed by atoms with Crippen molar-refractivity contribution in [3.05, 3.63) is 0 Å². The first-order chi connectivity index (χ1) is 17.5. The number of aliphatic imine (C=N–C) groups is 4. The van der Waals surface area contributed by atoms with Gasteiger partial charge in [0.15, 0.2) is 24.2 Å². The van der Waals surface area contributed by atoms with Gasteiger partial charge in [0.2, 0.25) is 24.3 Å². The lowest BCUT2D eigenvalue weighted by Gasteiger charge is -2.32. The second-order valence-electron chi connectivity index (χ2n) is 7.52. The van der Waals surface area contributed by atoms with Gasteiger partial charge >= 0.3 is 23.9 Å². The highest BCUT2D eigenvalue weighted by molar-refractivity contribution is 5.78. The average molecular weight is 524 g/mol. The number of isocyanates is 4. The molecule has 0 N–H and O–H groups in total. The van der Waals surface area contributed by atoms with Crippen molar-refractivity contribution in [2.24, 2.45) is 25.4 Å². The van der Waals surface area contributed by atoms with Crippen molar-refractivity contribution in [3.63, 3.8) is 0 Å².